The quantitative estimate of drug-likeness (QED) is 0.802. The van der Waals surface area contributed by atoms with Gasteiger partial charge in [-0.25, -0.2) is 0 Å². The van der Waals surface area contributed by atoms with E-state index in [-0.39, 0.29) is 11.1 Å². The molecule has 1 aromatic carbocycles. The van der Waals surface area contributed by atoms with Crippen LogP contribution in [0.3, 0.4) is 0 Å². The van der Waals surface area contributed by atoms with Gasteiger partial charge in [0, 0.05) is 30.4 Å². The minimum absolute atomic E-state index is 0.103. The zero-order chi connectivity index (χ0) is 14.8. The van der Waals surface area contributed by atoms with Gasteiger partial charge in [-0.1, -0.05) is 15.9 Å². The van der Waals surface area contributed by atoms with Gasteiger partial charge in [0.1, 0.15) is 0 Å². The van der Waals surface area contributed by atoms with Gasteiger partial charge in [0.25, 0.3) is 0 Å². The van der Waals surface area contributed by atoms with Crippen LogP contribution in [0, 0.1) is 5.41 Å². The molecule has 20 heavy (non-hydrogen) atoms. The molecule has 0 aliphatic heterocycles. The van der Waals surface area contributed by atoms with E-state index in [0.29, 0.717) is 17.6 Å². The molecule has 1 saturated carbocycles. The van der Waals surface area contributed by atoms with Crippen molar-refractivity contribution >= 4 is 21.6 Å². The van der Waals surface area contributed by atoms with E-state index in [1.54, 1.807) is 13.2 Å². The third-order valence-electron chi connectivity index (χ3n) is 3.73. The van der Waals surface area contributed by atoms with Gasteiger partial charge in [-0.3, -0.25) is 0 Å². The highest BCUT2D eigenvalue weighted by atomic mass is 79.9. The number of rotatable bonds is 6. The number of benzene rings is 1. The molecule has 0 aromatic heterocycles. The molecule has 0 radical (unpaired) electrons. The molecule has 0 spiro atoms. The normalized spacial score (nSPS) is 17.1. The molecule has 6 heteroatoms. The van der Waals surface area contributed by atoms with Crippen molar-refractivity contribution < 1.29 is 17.9 Å². The molecular weight excluding hydrogens is 335 g/mol. The summed E-state index contributed by atoms with van der Waals surface area (Å²) in [6, 6.07) is 4.20. The lowest BCUT2D eigenvalue weighted by Crippen LogP contribution is -2.19. The number of ether oxygens (including phenoxy) is 1. The lowest BCUT2D eigenvalue weighted by Gasteiger charge is -2.19. The molecule has 0 atom stereocenters. The molecule has 1 aliphatic rings. The van der Waals surface area contributed by atoms with E-state index in [1.165, 1.54) is 6.07 Å². The van der Waals surface area contributed by atoms with Crippen molar-refractivity contribution in [3.63, 3.8) is 0 Å². The zero-order valence-electron chi connectivity index (χ0n) is 11.2. The second-order valence-electron chi connectivity index (χ2n) is 5.28. The lowest BCUT2D eigenvalue weighted by atomic mass is 10.0. The van der Waals surface area contributed by atoms with Gasteiger partial charge >= 0.3 is 6.18 Å². The number of methoxy groups -OCH3 is 1. The molecule has 0 amide bonds. The summed E-state index contributed by atoms with van der Waals surface area (Å²) in [5, 5.41) is 2.96. The first-order valence-electron chi connectivity index (χ1n) is 6.46. The van der Waals surface area contributed by atoms with Crippen molar-refractivity contribution in [2.24, 2.45) is 5.41 Å². The van der Waals surface area contributed by atoms with E-state index < -0.39 is 11.7 Å². The largest absolute Gasteiger partial charge is 0.418 e. The van der Waals surface area contributed by atoms with Gasteiger partial charge in [0.05, 0.1) is 5.56 Å². The second kappa shape index (κ2) is 5.93. The van der Waals surface area contributed by atoms with E-state index in [4.69, 9.17) is 4.74 Å². The highest BCUT2D eigenvalue weighted by molar-refractivity contribution is 9.10. The summed E-state index contributed by atoms with van der Waals surface area (Å²) < 4.78 is 44.4. The van der Waals surface area contributed by atoms with Crippen LogP contribution >= 0.6 is 15.9 Å². The van der Waals surface area contributed by atoms with Crippen LogP contribution in [-0.2, 0) is 10.9 Å². The summed E-state index contributed by atoms with van der Waals surface area (Å²) in [7, 11) is 1.64. The first-order chi connectivity index (χ1) is 9.36. The van der Waals surface area contributed by atoms with Gasteiger partial charge in [0.15, 0.2) is 0 Å². The molecule has 112 valence electrons. The minimum atomic E-state index is -4.35. The molecular formula is C14H17BrF3NO. The summed E-state index contributed by atoms with van der Waals surface area (Å²) in [5.41, 5.74) is -0.384. The van der Waals surface area contributed by atoms with Gasteiger partial charge in [-0.15, -0.1) is 0 Å². The molecule has 2 rings (SSSR count). The Morgan fingerprint density at radius 1 is 1.35 bits per heavy atom. The van der Waals surface area contributed by atoms with Gasteiger partial charge < -0.3 is 10.1 Å². The van der Waals surface area contributed by atoms with Crippen molar-refractivity contribution in [1.82, 2.24) is 0 Å². The van der Waals surface area contributed by atoms with E-state index in [2.05, 4.69) is 21.2 Å². The van der Waals surface area contributed by atoms with Gasteiger partial charge in [0.2, 0.25) is 0 Å². The van der Waals surface area contributed by atoms with Crippen LogP contribution in [0.5, 0.6) is 0 Å². The van der Waals surface area contributed by atoms with Crippen LogP contribution < -0.4 is 5.32 Å². The molecule has 0 bridgehead atoms. The smallest absolute Gasteiger partial charge is 0.385 e. The highest BCUT2D eigenvalue weighted by Gasteiger charge is 2.42. The molecule has 1 N–H and O–H groups in total. The number of halogens is 4. The summed E-state index contributed by atoms with van der Waals surface area (Å²) in [5.74, 6) is 0. The maximum atomic E-state index is 13.0. The molecule has 0 unspecified atom stereocenters. The van der Waals surface area contributed by atoms with E-state index >= 15 is 0 Å². The Morgan fingerprint density at radius 2 is 2.05 bits per heavy atom. The Balaban J connectivity index is 2.06. The summed E-state index contributed by atoms with van der Waals surface area (Å²) in [4.78, 5) is 0. The Kier molecular flexibility index (Phi) is 4.64. The molecule has 1 aliphatic carbocycles. The predicted molar refractivity (Wildman–Crippen MR) is 75.8 cm³/mol. The topological polar surface area (TPSA) is 21.3 Å². The summed E-state index contributed by atoms with van der Waals surface area (Å²) >= 11 is 3.08. The average Bonchev–Trinajstić information content (AvgIpc) is 3.14. The molecule has 1 fully saturated rings. The molecule has 0 heterocycles. The number of hydrogen-bond donors (Lipinski definition) is 1. The predicted octanol–water partition coefficient (Wildman–Crippen LogP) is 4.70. The average molecular weight is 352 g/mol. The minimum Gasteiger partial charge on any atom is -0.385 e. The molecule has 1 aromatic rings. The van der Waals surface area contributed by atoms with Gasteiger partial charge in [-0.2, -0.15) is 13.2 Å². The first kappa shape index (κ1) is 15.6. The van der Waals surface area contributed by atoms with Crippen LogP contribution in [0.25, 0.3) is 0 Å². The molecule has 0 saturated heterocycles. The third kappa shape index (κ3) is 3.88. The van der Waals surface area contributed by atoms with E-state index in [9.17, 15) is 13.2 Å². The van der Waals surface area contributed by atoms with Crippen molar-refractivity contribution in [2.45, 2.75) is 25.4 Å². The Labute approximate surface area is 124 Å². The fourth-order valence-corrected chi connectivity index (χ4v) is 2.56. The van der Waals surface area contributed by atoms with Crippen molar-refractivity contribution in [1.29, 1.82) is 0 Å². The Bertz CT molecular complexity index is 472. The monoisotopic (exact) mass is 351 g/mol. The zero-order valence-corrected chi connectivity index (χ0v) is 12.8. The van der Waals surface area contributed by atoms with Crippen LogP contribution in [0.4, 0.5) is 18.9 Å². The third-order valence-corrected chi connectivity index (χ3v) is 4.23. The van der Waals surface area contributed by atoms with Gasteiger partial charge in [-0.05, 0) is 42.9 Å². The SMILES string of the molecule is COCCC1(CNc2ccc(Br)cc2C(F)(F)F)CC1. The number of hydrogen-bond acceptors (Lipinski definition) is 2. The van der Waals surface area contributed by atoms with E-state index in [1.807, 2.05) is 0 Å². The fraction of sp³-hybridized carbons (Fsp3) is 0.571. The second-order valence-corrected chi connectivity index (χ2v) is 6.20. The maximum Gasteiger partial charge on any atom is 0.418 e. The van der Waals surface area contributed by atoms with Crippen LogP contribution in [-0.4, -0.2) is 20.3 Å². The standard InChI is InChI=1S/C14H17BrF3NO/c1-20-7-6-13(4-5-13)9-19-12-3-2-10(15)8-11(12)14(16,17)18/h2-3,8,19H,4-7,9H2,1H3. The Hall–Kier alpha value is -0.750. The fourth-order valence-electron chi connectivity index (χ4n) is 2.20. The van der Waals surface area contributed by atoms with E-state index in [0.717, 1.165) is 25.3 Å². The Morgan fingerprint density at radius 3 is 2.60 bits per heavy atom. The van der Waals surface area contributed by atoms with Crippen molar-refractivity contribution in [2.75, 3.05) is 25.6 Å². The summed E-state index contributed by atoms with van der Waals surface area (Å²) in [6.07, 6.45) is -1.38. The number of nitrogens with one attached hydrogen (secondary N) is 1. The number of anilines is 1. The van der Waals surface area contributed by atoms with Crippen molar-refractivity contribution in [3.05, 3.63) is 28.2 Å². The van der Waals surface area contributed by atoms with Crippen LogP contribution in [0.2, 0.25) is 0 Å². The van der Waals surface area contributed by atoms with Crippen LogP contribution in [0.1, 0.15) is 24.8 Å². The first-order valence-corrected chi connectivity index (χ1v) is 7.25. The lowest BCUT2D eigenvalue weighted by molar-refractivity contribution is -0.137. The number of alkyl halides is 3. The molecule has 2 nitrogen and oxygen atoms in total. The maximum absolute atomic E-state index is 13.0. The van der Waals surface area contributed by atoms with Crippen molar-refractivity contribution in [3.8, 4) is 0 Å². The van der Waals surface area contributed by atoms with Crippen LogP contribution in [0.15, 0.2) is 22.7 Å². The summed E-state index contributed by atoms with van der Waals surface area (Å²) in [6.45, 7) is 1.20. The highest BCUT2D eigenvalue weighted by Crippen LogP contribution is 2.49.